The molecule has 1 saturated heterocycles. The lowest BCUT2D eigenvalue weighted by Gasteiger charge is -2.31. The Morgan fingerprint density at radius 3 is 2.55 bits per heavy atom. The summed E-state index contributed by atoms with van der Waals surface area (Å²) in [6, 6.07) is 14.0. The average molecular weight is 559 g/mol. The van der Waals surface area contributed by atoms with E-state index in [1.807, 2.05) is 40.1 Å². The molecule has 0 radical (unpaired) electrons. The smallest absolute Gasteiger partial charge is 0.254 e. The molecular weight excluding hydrogens is 528 g/mol. The zero-order valence-electron chi connectivity index (χ0n) is 22.4. The molecule has 0 saturated carbocycles. The van der Waals surface area contributed by atoms with Crippen LogP contribution in [0.3, 0.4) is 0 Å². The lowest BCUT2D eigenvalue weighted by atomic mass is 10.00. The van der Waals surface area contributed by atoms with Crippen molar-refractivity contribution in [3.05, 3.63) is 75.9 Å². The first-order valence-corrected chi connectivity index (χ1v) is 14.0. The molecule has 40 heavy (non-hydrogen) atoms. The van der Waals surface area contributed by atoms with Crippen molar-refractivity contribution < 1.29 is 14.4 Å². The van der Waals surface area contributed by atoms with Gasteiger partial charge in [0.15, 0.2) is 0 Å². The molecule has 3 aromatic rings. The summed E-state index contributed by atoms with van der Waals surface area (Å²) in [5.41, 5.74) is 5.15. The molecular formula is C30H31ClN6O3. The van der Waals surface area contributed by atoms with Gasteiger partial charge in [-0.3, -0.25) is 14.4 Å². The molecule has 0 atom stereocenters. The molecule has 3 amide bonds. The Labute approximate surface area is 238 Å². The van der Waals surface area contributed by atoms with Gasteiger partial charge in [-0.05, 0) is 42.0 Å². The Kier molecular flexibility index (Phi) is 7.14. The summed E-state index contributed by atoms with van der Waals surface area (Å²) < 4.78 is 0. The van der Waals surface area contributed by atoms with E-state index < -0.39 is 0 Å². The number of rotatable bonds is 5. The monoisotopic (exact) mass is 558 g/mol. The number of fused-ring (bicyclic) bond motifs is 2. The van der Waals surface area contributed by atoms with Gasteiger partial charge < -0.3 is 20.0 Å². The fourth-order valence-electron chi connectivity index (χ4n) is 5.77. The van der Waals surface area contributed by atoms with Crippen molar-refractivity contribution in [1.82, 2.24) is 24.7 Å². The van der Waals surface area contributed by atoms with Gasteiger partial charge in [-0.15, -0.1) is 0 Å². The number of carbonyl (C=O) groups excluding carboxylic acids is 3. The summed E-state index contributed by atoms with van der Waals surface area (Å²) in [4.78, 5) is 52.4. The van der Waals surface area contributed by atoms with Gasteiger partial charge in [-0.25, -0.2) is 9.97 Å². The first kappa shape index (κ1) is 26.3. The quantitative estimate of drug-likeness (QED) is 0.512. The van der Waals surface area contributed by atoms with E-state index in [0.717, 1.165) is 30.4 Å². The van der Waals surface area contributed by atoms with Crippen LogP contribution in [0.2, 0.25) is 5.02 Å². The highest BCUT2D eigenvalue weighted by Gasteiger charge is 2.31. The number of benzene rings is 2. The summed E-state index contributed by atoms with van der Waals surface area (Å²) in [7, 11) is 0. The summed E-state index contributed by atoms with van der Waals surface area (Å²) >= 11 is 6.49. The summed E-state index contributed by atoms with van der Waals surface area (Å²) in [6.45, 7) is 4.67. The van der Waals surface area contributed by atoms with Crippen LogP contribution in [0.5, 0.6) is 0 Å². The Hall–Kier alpha value is -3.98. The molecule has 3 aliphatic rings. The molecule has 2 aromatic carbocycles. The van der Waals surface area contributed by atoms with Gasteiger partial charge in [0, 0.05) is 56.8 Å². The van der Waals surface area contributed by atoms with Crippen LogP contribution < -0.4 is 5.32 Å². The Bertz CT molecular complexity index is 1490. The summed E-state index contributed by atoms with van der Waals surface area (Å²) in [6.07, 6.45) is 4.01. The highest BCUT2D eigenvalue weighted by molar-refractivity contribution is 6.33. The second kappa shape index (κ2) is 10.9. The maximum Gasteiger partial charge on any atom is 0.254 e. The van der Waals surface area contributed by atoms with Crippen molar-refractivity contribution in [3.63, 3.8) is 0 Å². The molecule has 4 heterocycles. The summed E-state index contributed by atoms with van der Waals surface area (Å²) in [5.74, 6) is 0.348. The van der Waals surface area contributed by atoms with E-state index in [2.05, 4.69) is 27.4 Å². The molecule has 3 aliphatic heterocycles. The fourth-order valence-corrected chi connectivity index (χ4v) is 5.97. The van der Waals surface area contributed by atoms with Gasteiger partial charge in [-0.2, -0.15) is 0 Å². The predicted octanol–water partition coefficient (Wildman–Crippen LogP) is 3.76. The normalized spacial score (nSPS) is 17.1. The first-order valence-electron chi connectivity index (χ1n) is 13.7. The van der Waals surface area contributed by atoms with E-state index in [4.69, 9.17) is 11.6 Å². The number of piperidine rings is 1. The minimum Gasteiger partial charge on any atom is -0.351 e. The third-order valence-electron chi connectivity index (χ3n) is 8.09. The molecule has 6 rings (SSSR count). The topological polar surface area (TPSA) is 98.7 Å². The molecule has 1 aromatic heterocycles. The van der Waals surface area contributed by atoms with E-state index >= 15 is 0 Å². The third-order valence-corrected chi connectivity index (χ3v) is 8.37. The number of carbonyl (C=O) groups is 3. The maximum atomic E-state index is 13.3. The van der Waals surface area contributed by atoms with Crippen LogP contribution in [0, 0.1) is 0 Å². The van der Waals surface area contributed by atoms with Crippen LogP contribution in [-0.4, -0.2) is 74.6 Å². The lowest BCUT2D eigenvalue weighted by Crippen LogP contribution is -2.42. The number of aromatic nitrogens is 2. The van der Waals surface area contributed by atoms with Gasteiger partial charge in [-0.1, -0.05) is 48.0 Å². The first-order chi connectivity index (χ1) is 19.4. The van der Waals surface area contributed by atoms with Crippen molar-refractivity contribution in [2.45, 2.75) is 45.3 Å². The van der Waals surface area contributed by atoms with Crippen molar-refractivity contribution in [2.75, 3.05) is 31.5 Å². The van der Waals surface area contributed by atoms with Crippen molar-refractivity contribution >= 4 is 35.3 Å². The van der Waals surface area contributed by atoms with Crippen LogP contribution in [0.1, 0.15) is 46.8 Å². The predicted molar refractivity (Wildman–Crippen MR) is 152 cm³/mol. The molecule has 1 N–H and O–H groups in total. The molecule has 9 nitrogen and oxygen atoms in total. The summed E-state index contributed by atoms with van der Waals surface area (Å²) in [5, 5.41) is 3.76. The average Bonchev–Trinajstić information content (AvgIpc) is 3.28. The Balaban J connectivity index is 1.13. The number of anilines is 1. The van der Waals surface area contributed by atoms with Crippen molar-refractivity contribution in [3.8, 4) is 11.3 Å². The van der Waals surface area contributed by atoms with E-state index in [1.54, 1.807) is 18.0 Å². The third kappa shape index (κ3) is 5.25. The second-order valence-corrected chi connectivity index (χ2v) is 11.1. The van der Waals surface area contributed by atoms with Crippen LogP contribution in [0.15, 0.2) is 48.7 Å². The Morgan fingerprint density at radius 2 is 1.77 bits per heavy atom. The number of likely N-dealkylation sites (tertiary alicyclic amines) is 1. The Morgan fingerprint density at radius 1 is 1.00 bits per heavy atom. The zero-order chi connectivity index (χ0) is 27.8. The van der Waals surface area contributed by atoms with E-state index in [1.165, 1.54) is 11.1 Å². The molecule has 0 spiro atoms. The standard InChI is InChI=1S/C30H31ClN6O3/c1-19(38)35-12-9-24(10-13-35)33-30-32-15-26(31)28(34-30)21-6-7-23-17-37(29(40)25(23)14-21)18-27(39)36-11-8-20-4-2-3-5-22(20)16-36/h2-7,14-15,24H,8-13,16-18H2,1H3,(H,32,33,34). The second-order valence-electron chi connectivity index (χ2n) is 10.7. The minimum absolute atomic E-state index is 0.0421. The van der Waals surface area contributed by atoms with Crippen molar-refractivity contribution in [2.24, 2.45) is 0 Å². The molecule has 206 valence electrons. The van der Waals surface area contributed by atoms with Gasteiger partial charge >= 0.3 is 0 Å². The van der Waals surface area contributed by atoms with Crippen LogP contribution >= 0.6 is 11.6 Å². The van der Waals surface area contributed by atoms with E-state index in [0.29, 0.717) is 55.0 Å². The van der Waals surface area contributed by atoms with Gasteiger partial charge in [0.2, 0.25) is 17.8 Å². The van der Waals surface area contributed by atoms with Crippen molar-refractivity contribution in [1.29, 1.82) is 0 Å². The lowest BCUT2D eigenvalue weighted by molar-refractivity contribution is -0.133. The maximum absolute atomic E-state index is 13.3. The van der Waals surface area contributed by atoms with Gasteiger partial charge in [0.1, 0.15) is 6.54 Å². The number of hydrogen-bond donors (Lipinski definition) is 1. The van der Waals surface area contributed by atoms with E-state index in [-0.39, 0.29) is 30.3 Å². The highest BCUT2D eigenvalue weighted by Crippen LogP contribution is 2.32. The SMILES string of the molecule is CC(=O)N1CCC(Nc2ncc(Cl)c(-c3ccc4c(c3)C(=O)N(CC(=O)N3CCc5ccccc5C3)C4)n2)CC1. The van der Waals surface area contributed by atoms with E-state index in [9.17, 15) is 14.4 Å². The molecule has 0 aliphatic carbocycles. The molecule has 1 fully saturated rings. The zero-order valence-corrected chi connectivity index (χ0v) is 23.2. The largest absolute Gasteiger partial charge is 0.351 e. The highest BCUT2D eigenvalue weighted by atomic mass is 35.5. The van der Waals surface area contributed by atoms with Gasteiger partial charge in [0.25, 0.3) is 5.91 Å². The van der Waals surface area contributed by atoms with Gasteiger partial charge in [0.05, 0.1) is 16.9 Å². The minimum atomic E-state index is -0.164. The molecule has 0 bridgehead atoms. The number of nitrogens with one attached hydrogen (secondary N) is 1. The molecule has 10 heteroatoms. The van der Waals surface area contributed by atoms with Crippen LogP contribution in [0.4, 0.5) is 5.95 Å². The number of halogens is 1. The number of amides is 3. The number of hydrogen-bond acceptors (Lipinski definition) is 6. The fraction of sp³-hybridized carbons (Fsp3) is 0.367. The van der Waals surface area contributed by atoms with Crippen LogP contribution in [0.25, 0.3) is 11.3 Å². The number of nitrogens with zero attached hydrogens (tertiary/aromatic N) is 5. The van der Waals surface area contributed by atoms with Crippen LogP contribution in [-0.2, 0) is 29.1 Å². The molecule has 0 unspecified atom stereocenters.